The fourth-order valence-corrected chi connectivity index (χ4v) is 1.31. The van der Waals surface area contributed by atoms with Gasteiger partial charge in [0.15, 0.2) is 5.41 Å². The lowest BCUT2D eigenvalue weighted by Gasteiger charge is -2.22. The van der Waals surface area contributed by atoms with Gasteiger partial charge in [0, 0.05) is 0 Å². The number of ether oxygens (including phenoxy) is 1. The van der Waals surface area contributed by atoms with E-state index in [1.54, 1.807) is 13.8 Å². The Labute approximate surface area is 86.1 Å². The van der Waals surface area contributed by atoms with Crippen molar-refractivity contribution in [2.45, 2.75) is 40.5 Å². The molecule has 3 heteroatoms. The van der Waals surface area contributed by atoms with Crippen molar-refractivity contribution in [1.29, 1.82) is 5.26 Å². The molecular formula is C11H19NO2. The summed E-state index contributed by atoms with van der Waals surface area (Å²) in [4.78, 5) is 11.5. The Hall–Kier alpha value is -1.04. The summed E-state index contributed by atoms with van der Waals surface area (Å²) in [5.74, 6) is -0.0353. The number of hydrogen-bond donors (Lipinski definition) is 0. The van der Waals surface area contributed by atoms with E-state index in [0.29, 0.717) is 18.9 Å². The SMILES string of the molecule is CCOC(=O)C(C)(C#N)CC(C)CC. The van der Waals surface area contributed by atoms with Crippen LogP contribution in [-0.4, -0.2) is 12.6 Å². The van der Waals surface area contributed by atoms with Crippen molar-refractivity contribution in [3.63, 3.8) is 0 Å². The van der Waals surface area contributed by atoms with Gasteiger partial charge in [-0.25, -0.2) is 0 Å². The summed E-state index contributed by atoms with van der Waals surface area (Å²) < 4.78 is 4.88. The minimum Gasteiger partial charge on any atom is -0.465 e. The van der Waals surface area contributed by atoms with Gasteiger partial charge in [0.05, 0.1) is 12.7 Å². The van der Waals surface area contributed by atoms with Gasteiger partial charge >= 0.3 is 5.97 Å². The standard InChI is InChI=1S/C11H19NO2/c1-5-9(3)7-11(4,8-12)10(13)14-6-2/h9H,5-7H2,1-4H3. The molecule has 80 valence electrons. The average Bonchev–Trinajstić information content (AvgIpc) is 2.17. The maximum Gasteiger partial charge on any atom is 0.326 e. The Kier molecular flexibility index (Phi) is 5.22. The van der Waals surface area contributed by atoms with Crippen molar-refractivity contribution in [1.82, 2.24) is 0 Å². The van der Waals surface area contributed by atoms with Crippen LogP contribution in [0.25, 0.3) is 0 Å². The molecule has 0 N–H and O–H groups in total. The summed E-state index contributed by atoms with van der Waals surface area (Å²) in [6.45, 7) is 7.81. The van der Waals surface area contributed by atoms with E-state index in [0.717, 1.165) is 6.42 Å². The Morgan fingerprint density at radius 2 is 2.14 bits per heavy atom. The molecule has 2 unspecified atom stereocenters. The Bertz CT molecular complexity index is 232. The first-order chi connectivity index (χ1) is 6.50. The normalized spacial score (nSPS) is 16.5. The van der Waals surface area contributed by atoms with E-state index in [1.807, 2.05) is 13.8 Å². The summed E-state index contributed by atoms with van der Waals surface area (Å²) in [5, 5.41) is 8.98. The highest BCUT2D eigenvalue weighted by Gasteiger charge is 2.35. The van der Waals surface area contributed by atoms with Gasteiger partial charge in [-0.2, -0.15) is 5.26 Å². The van der Waals surface area contributed by atoms with E-state index in [9.17, 15) is 4.79 Å². The van der Waals surface area contributed by atoms with Gasteiger partial charge < -0.3 is 4.74 Å². The maximum absolute atomic E-state index is 11.5. The van der Waals surface area contributed by atoms with Crippen molar-refractivity contribution < 1.29 is 9.53 Å². The molecule has 0 radical (unpaired) electrons. The molecule has 0 aliphatic heterocycles. The van der Waals surface area contributed by atoms with E-state index in [-0.39, 0.29) is 0 Å². The number of esters is 1. The molecule has 0 spiro atoms. The quantitative estimate of drug-likeness (QED) is 0.636. The fraction of sp³-hybridized carbons (Fsp3) is 0.818. The first-order valence-corrected chi connectivity index (χ1v) is 5.08. The second-order valence-electron chi connectivity index (χ2n) is 3.88. The molecule has 2 atom stereocenters. The third-order valence-electron chi connectivity index (χ3n) is 2.43. The Morgan fingerprint density at radius 3 is 2.50 bits per heavy atom. The van der Waals surface area contributed by atoms with Gasteiger partial charge in [-0.05, 0) is 26.2 Å². The first-order valence-electron chi connectivity index (χ1n) is 5.08. The minimum absolute atomic E-state index is 0.330. The van der Waals surface area contributed by atoms with Gasteiger partial charge in [-0.15, -0.1) is 0 Å². The first kappa shape index (κ1) is 13.0. The smallest absolute Gasteiger partial charge is 0.326 e. The topological polar surface area (TPSA) is 50.1 Å². The van der Waals surface area contributed by atoms with E-state index in [4.69, 9.17) is 10.00 Å². The lowest BCUT2D eigenvalue weighted by atomic mass is 9.82. The van der Waals surface area contributed by atoms with Crippen LogP contribution in [0.2, 0.25) is 0 Å². The van der Waals surface area contributed by atoms with Crippen LogP contribution in [-0.2, 0) is 9.53 Å². The largest absolute Gasteiger partial charge is 0.465 e. The average molecular weight is 197 g/mol. The Balaban J connectivity index is 4.48. The van der Waals surface area contributed by atoms with Crippen molar-refractivity contribution in [3.8, 4) is 6.07 Å². The number of hydrogen-bond acceptors (Lipinski definition) is 3. The second-order valence-corrected chi connectivity index (χ2v) is 3.88. The van der Waals surface area contributed by atoms with Crippen LogP contribution in [0.5, 0.6) is 0 Å². The zero-order chi connectivity index (χ0) is 11.2. The summed E-state index contributed by atoms with van der Waals surface area (Å²) in [6, 6.07) is 2.05. The van der Waals surface area contributed by atoms with Gasteiger partial charge in [-0.1, -0.05) is 20.3 Å². The van der Waals surface area contributed by atoms with Gasteiger partial charge in [-0.3, -0.25) is 4.79 Å². The van der Waals surface area contributed by atoms with E-state index in [2.05, 4.69) is 6.07 Å². The van der Waals surface area contributed by atoms with E-state index < -0.39 is 11.4 Å². The van der Waals surface area contributed by atoms with Crippen LogP contribution in [0.4, 0.5) is 0 Å². The molecule has 3 nitrogen and oxygen atoms in total. The van der Waals surface area contributed by atoms with Crippen molar-refractivity contribution >= 4 is 5.97 Å². The van der Waals surface area contributed by atoms with Crippen LogP contribution < -0.4 is 0 Å². The molecule has 0 bridgehead atoms. The van der Waals surface area contributed by atoms with Crippen LogP contribution in [0.3, 0.4) is 0 Å². The van der Waals surface area contributed by atoms with Gasteiger partial charge in [0.25, 0.3) is 0 Å². The minimum atomic E-state index is -0.981. The molecular weight excluding hydrogens is 178 g/mol. The molecule has 0 rings (SSSR count). The van der Waals surface area contributed by atoms with Crippen LogP contribution in [0, 0.1) is 22.7 Å². The highest BCUT2D eigenvalue weighted by Crippen LogP contribution is 2.28. The third-order valence-corrected chi connectivity index (χ3v) is 2.43. The molecule has 0 aromatic rings. The molecule has 0 saturated carbocycles. The zero-order valence-corrected chi connectivity index (χ0v) is 9.46. The van der Waals surface area contributed by atoms with Gasteiger partial charge in [0.2, 0.25) is 0 Å². The number of rotatable bonds is 5. The lowest BCUT2D eigenvalue weighted by molar-refractivity contribution is -0.151. The summed E-state index contributed by atoms with van der Waals surface area (Å²) in [7, 11) is 0. The van der Waals surface area contributed by atoms with Crippen LogP contribution >= 0.6 is 0 Å². The molecule has 0 aromatic heterocycles. The van der Waals surface area contributed by atoms with E-state index in [1.165, 1.54) is 0 Å². The number of carbonyl (C=O) groups is 1. The van der Waals surface area contributed by atoms with Crippen molar-refractivity contribution in [2.24, 2.45) is 11.3 Å². The molecule has 0 aromatic carbocycles. The summed E-state index contributed by atoms with van der Waals surface area (Å²) in [6.07, 6.45) is 1.54. The number of nitrogens with zero attached hydrogens (tertiary/aromatic N) is 1. The predicted molar refractivity (Wildman–Crippen MR) is 54.4 cm³/mol. The van der Waals surface area contributed by atoms with Crippen molar-refractivity contribution in [3.05, 3.63) is 0 Å². The number of carbonyl (C=O) groups excluding carboxylic acids is 1. The zero-order valence-electron chi connectivity index (χ0n) is 9.46. The third kappa shape index (κ3) is 3.37. The maximum atomic E-state index is 11.5. The van der Waals surface area contributed by atoms with Crippen LogP contribution in [0.15, 0.2) is 0 Å². The Morgan fingerprint density at radius 1 is 1.57 bits per heavy atom. The molecule has 14 heavy (non-hydrogen) atoms. The van der Waals surface area contributed by atoms with Gasteiger partial charge in [0.1, 0.15) is 0 Å². The molecule has 0 heterocycles. The fourth-order valence-electron chi connectivity index (χ4n) is 1.31. The second kappa shape index (κ2) is 5.64. The predicted octanol–water partition coefficient (Wildman–Crippen LogP) is 2.52. The van der Waals surface area contributed by atoms with Crippen LogP contribution in [0.1, 0.15) is 40.5 Å². The summed E-state index contributed by atoms with van der Waals surface area (Å²) in [5.41, 5.74) is -0.981. The van der Waals surface area contributed by atoms with Crippen molar-refractivity contribution in [2.75, 3.05) is 6.61 Å². The monoisotopic (exact) mass is 197 g/mol. The highest BCUT2D eigenvalue weighted by molar-refractivity contribution is 5.79. The molecule has 0 aliphatic rings. The highest BCUT2D eigenvalue weighted by atomic mass is 16.5. The molecule has 0 aliphatic carbocycles. The number of nitriles is 1. The summed E-state index contributed by atoms with van der Waals surface area (Å²) >= 11 is 0. The molecule has 0 fully saturated rings. The van der Waals surface area contributed by atoms with E-state index >= 15 is 0 Å². The molecule has 0 saturated heterocycles. The molecule has 0 amide bonds. The lowest BCUT2D eigenvalue weighted by Crippen LogP contribution is -2.30.